The number of nitrogens with zero attached hydrogens (tertiary/aromatic N) is 3. The lowest BCUT2D eigenvalue weighted by Crippen LogP contribution is -1.86. The standard InChI is InChI=1S/C13H11FN4OS/c1-8-11(6-20-13-15-7-16-17-13)18-19-12(8)9-2-4-10(14)5-3-9/h2-5,7H,6H2,1H3,(H,15,16,17). The first-order valence-electron chi connectivity index (χ1n) is 5.93. The Balaban J connectivity index is 1.79. The van der Waals surface area contributed by atoms with E-state index in [4.69, 9.17) is 4.52 Å². The average molecular weight is 290 g/mol. The van der Waals surface area contributed by atoms with Gasteiger partial charge in [-0.05, 0) is 31.2 Å². The van der Waals surface area contributed by atoms with Gasteiger partial charge in [-0.25, -0.2) is 9.37 Å². The molecule has 0 aliphatic rings. The molecule has 0 saturated carbocycles. The van der Waals surface area contributed by atoms with Crippen LogP contribution in [0.4, 0.5) is 4.39 Å². The molecule has 5 nitrogen and oxygen atoms in total. The molecular weight excluding hydrogens is 279 g/mol. The Morgan fingerprint density at radius 1 is 1.30 bits per heavy atom. The van der Waals surface area contributed by atoms with Crippen LogP contribution in [0.15, 0.2) is 40.3 Å². The molecule has 0 aliphatic carbocycles. The molecule has 0 bridgehead atoms. The van der Waals surface area contributed by atoms with Gasteiger partial charge in [0.05, 0.1) is 5.69 Å². The van der Waals surface area contributed by atoms with E-state index in [0.29, 0.717) is 11.5 Å². The van der Waals surface area contributed by atoms with Crippen LogP contribution in [0.5, 0.6) is 0 Å². The molecule has 1 aromatic carbocycles. The van der Waals surface area contributed by atoms with Crippen molar-refractivity contribution in [2.75, 3.05) is 0 Å². The third-order valence-electron chi connectivity index (χ3n) is 2.87. The lowest BCUT2D eigenvalue weighted by molar-refractivity contribution is 0.426. The number of H-pyrrole nitrogens is 1. The molecule has 2 heterocycles. The lowest BCUT2D eigenvalue weighted by atomic mass is 10.1. The van der Waals surface area contributed by atoms with Gasteiger partial charge >= 0.3 is 0 Å². The van der Waals surface area contributed by atoms with E-state index in [1.165, 1.54) is 30.2 Å². The number of thioether (sulfide) groups is 1. The molecule has 1 N–H and O–H groups in total. The molecule has 0 amide bonds. The minimum Gasteiger partial charge on any atom is -0.356 e. The van der Waals surface area contributed by atoms with Crippen LogP contribution in [0.3, 0.4) is 0 Å². The van der Waals surface area contributed by atoms with E-state index >= 15 is 0 Å². The van der Waals surface area contributed by atoms with Crippen molar-refractivity contribution in [2.24, 2.45) is 0 Å². The first-order valence-corrected chi connectivity index (χ1v) is 6.92. The summed E-state index contributed by atoms with van der Waals surface area (Å²) in [4.78, 5) is 4.03. The third kappa shape index (κ3) is 2.57. The molecule has 2 aromatic heterocycles. The number of halogens is 1. The van der Waals surface area contributed by atoms with Gasteiger partial charge in [-0.1, -0.05) is 16.9 Å². The van der Waals surface area contributed by atoms with Crippen molar-refractivity contribution in [3.63, 3.8) is 0 Å². The normalized spacial score (nSPS) is 10.9. The summed E-state index contributed by atoms with van der Waals surface area (Å²) in [6, 6.07) is 6.16. The summed E-state index contributed by atoms with van der Waals surface area (Å²) in [5.74, 6) is 1.02. The van der Waals surface area contributed by atoms with Crippen LogP contribution in [0.2, 0.25) is 0 Å². The van der Waals surface area contributed by atoms with E-state index in [2.05, 4.69) is 20.3 Å². The predicted molar refractivity (Wildman–Crippen MR) is 72.6 cm³/mol. The zero-order valence-corrected chi connectivity index (χ0v) is 11.4. The summed E-state index contributed by atoms with van der Waals surface area (Å²) in [7, 11) is 0. The molecule has 0 unspecified atom stereocenters. The molecular formula is C13H11FN4OS. The van der Waals surface area contributed by atoms with E-state index in [1.54, 1.807) is 12.1 Å². The fraction of sp³-hybridized carbons (Fsp3) is 0.154. The summed E-state index contributed by atoms with van der Waals surface area (Å²) in [6.45, 7) is 1.94. The van der Waals surface area contributed by atoms with Crippen molar-refractivity contribution in [3.8, 4) is 11.3 Å². The van der Waals surface area contributed by atoms with E-state index < -0.39 is 0 Å². The Hall–Kier alpha value is -2.15. The Morgan fingerprint density at radius 3 is 2.80 bits per heavy atom. The van der Waals surface area contributed by atoms with Crippen molar-refractivity contribution in [1.82, 2.24) is 20.3 Å². The highest BCUT2D eigenvalue weighted by atomic mass is 32.2. The molecule has 3 aromatic rings. The zero-order chi connectivity index (χ0) is 13.9. The maximum Gasteiger partial charge on any atom is 0.183 e. The van der Waals surface area contributed by atoms with Crippen LogP contribution in [0, 0.1) is 12.7 Å². The van der Waals surface area contributed by atoms with Crippen LogP contribution in [0.1, 0.15) is 11.3 Å². The highest BCUT2D eigenvalue weighted by Gasteiger charge is 2.14. The number of hydrogen-bond acceptors (Lipinski definition) is 5. The largest absolute Gasteiger partial charge is 0.356 e. The minimum atomic E-state index is -0.271. The van der Waals surface area contributed by atoms with Crippen molar-refractivity contribution in [2.45, 2.75) is 17.8 Å². The number of benzene rings is 1. The molecule has 0 spiro atoms. The number of hydrogen-bond donors (Lipinski definition) is 1. The second-order valence-corrected chi connectivity index (χ2v) is 5.13. The Bertz CT molecular complexity index is 694. The van der Waals surface area contributed by atoms with Crippen molar-refractivity contribution < 1.29 is 8.91 Å². The summed E-state index contributed by atoms with van der Waals surface area (Å²) in [6.07, 6.45) is 1.46. The van der Waals surface area contributed by atoms with Crippen molar-refractivity contribution in [3.05, 3.63) is 47.7 Å². The van der Waals surface area contributed by atoms with Crippen molar-refractivity contribution in [1.29, 1.82) is 0 Å². The molecule has 0 atom stereocenters. The molecule has 20 heavy (non-hydrogen) atoms. The van der Waals surface area contributed by atoms with E-state index in [-0.39, 0.29) is 5.82 Å². The van der Waals surface area contributed by atoms with Gasteiger partial charge in [0.1, 0.15) is 12.1 Å². The molecule has 102 valence electrons. The maximum absolute atomic E-state index is 12.9. The quantitative estimate of drug-likeness (QED) is 0.747. The number of nitrogens with one attached hydrogen (secondary N) is 1. The summed E-state index contributed by atoms with van der Waals surface area (Å²) >= 11 is 1.49. The van der Waals surface area contributed by atoms with Gasteiger partial charge in [0.15, 0.2) is 10.9 Å². The third-order valence-corrected chi connectivity index (χ3v) is 3.75. The molecule has 0 fully saturated rings. The first kappa shape index (κ1) is 12.9. The second kappa shape index (κ2) is 5.46. The van der Waals surface area contributed by atoms with E-state index in [9.17, 15) is 4.39 Å². The monoisotopic (exact) mass is 290 g/mol. The summed E-state index contributed by atoms with van der Waals surface area (Å²) < 4.78 is 18.3. The Labute approximate surface area is 118 Å². The predicted octanol–water partition coefficient (Wildman–Crippen LogP) is 3.20. The van der Waals surface area contributed by atoms with Crippen LogP contribution >= 0.6 is 11.8 Å². The van der Waals surface area contributed by atoms with Gasteiger partial charge in [0.25, 0.3) is 0 Å². The van der Waals surface area contributed by atoms with Crippen molar-refractivity contribution >= 4 is 11.8 Å². The van der Waals surface area contributed by atoms with Gasteiger partial charge in [-0.2, -0.15) is 5.10 Å². The highest BCUT2D eigenvalue weighted by molar-refractivity contribution is 7.98. The van der Waals surface area contributed by atoms with E-state index in [1.807, 2.05) is 6.92 Å². The maximum atomic E-state index is 12.9. The fourth-order valence-corrected chi connectivity index (χ4v) is 2.56. The lowest BCUT2D eigenvalue weighted by Gasteiger charge is -1.98. The smallest absolute Gasteiger partial charge is 0.183 e. The van der Waals surface area contributed by atoms with Crippen LogP contribution < -0.4 is 0 Å². The van der Waals surface area contributed by atoms with Gasteiger partial charge < -0.3 is 4.52 Å². The van der Waals surface area contributed by atoms with E-state index in [0.717, 1.165) is 22.0 Å². The molecule has 7 heteroatoms. The highest BCUT2D eigenvalue weighted by Crippen LogP contribution is 2.28. The average Bonchev–Trinajstić information content (AvgIpc) is 3.08. The van der Waals surface area contributed by atoms with Gasteiger partial charge in [-0.15, -0.1) is 0 Å². The van der Waals surface area contributed by atoms with Gasteiger partial charge in [0, 0.05) is 16.9 Å². The Morgan fingerprint density at radius 2 is 2.10 bits per heavy atom. The number of rotatable bonds is 4. The zero-order valence-electron chi connectivity index (χ0n) is 10.6. The number of aromatic amines is 1. The molecule has 0 radical (unpaired) electrons. The topological polar surface area (TPSA) is 67.6 Å². The second-order valence-electron chi connectivity index (χ2n) is 4.17. The first-order chi connectivity index (χ1) is 9.74. The SMILES string of the molecule is Cc1c(CSc2ncn[nH]2)noc1-c1ccc(F)cc1. The van der Waals surface area contributed by atoms with Crippen LogP contribution in [-0.2, 0) is 5.75 Å². The molecule has 3 rings (SSSR count). The number of aromatic nitrogens is 4. The van der Waals surface area contributed by atoms with Crippen LogP contribution in [0.25, 0.3) is 11.3 Å². The van der Waals surface area contributed by atoms with Gasteiger partial charge in [-0.3, -0.25) is 5.10 Å². The molecule has 0 saturated heterocycles. The fourth-order valence-electron chi connectivity index (χ4n) is 1.77. The summed E-state index contributed by atoms with van der Waals surface area (Å²) in [5.41, 5.74) is 2.60. The van der Waals surface area contributed by atoms with Crippen LogP contribution in [-0.4, -0.2) is 20.3 Å². The summed E-state index contributed by atoms with van der Waals surface area (Å²) in [5, 5.41) is 11.3. The Kier molecular flexibility index (Phi) is 3.51. The molecule has 0 aliphatic heterocycles. The minimum absolute atomic E-state index is 0.271. The van der Waals surface area contributed by atoms with Gasteiger partial charge in [0.2, 0.25) is 0 Å².